The normalized spacial score (nSPS) is 19.3. The van der Waals surface area contributed by atoms with Crippen molar-refractivity contribution in [1.82, 2.24) is 10.2 Å². The Kier molecular flexibility index (Phi) is 4.33. The van der Waals surface area contributed by atoms with Gasteiger partial charge in [0, 0.05) is 13.1 Å². The molecule has 0 aromatic rings. The Morgan fingerprint density at radius 1 is 1.58 bits per heavy atom. The molecule has 12 heavy (non-hydrogen) atoms. The lowest BCUT2D eigenvalue weighted by molar-refractivity contribution is 0.302. The van der Waals surface area contributed by atoms with E-state index in [1.807, 2.05) is 7.05 Å². The van der Waals surface area contributed by atoms with Gasteiger partial charge in [0.2, 0.25) is 0 Å². The molecule has 1 rings (SSSR count). The maximum Gasteiger partial charge on any atom is 0.0193 e. The van der Waals surface area contributed by atoms with Gasteiger partial charge in [-0.1, -0.05) is 18.6 Å². The first kappa shape index (κ1) is 9.75. The zero-order chi connectivity index (χ0) is 8.81. The molecule has 0 amide bonds. The molecule has 0 unspecified atom stereocenters. The van der Waals surface area contributed by atoms with Crippen LogP contribution in [0.25, 0.3) is 0 Å². The summed E-state index contributed by atoms with van der Waals surface area (Å²) in [4.78, 5) is 2.50. The van der Waals surface area contributed by atoms with Gasteiger partial charge in [-0.2, -0.15) is 0 Å². The van der Waals surface area contributed by atoms with Gasteiger partial charge in [-0.3, -0.25) is 4.90 Å². The lowest BCUT2D eigenvalue weighted by atomic mass is 10.1. The molecular formula is C10H20N2. The Balaban J connectivity index is 2.28. The molecule has 2 nitrogen and oxygen atoms in total. The fraction of sp³-hybridized carbons (Fsp3) is 0.800. The van der Waals surface area contributed by atoms with Crippen molar-refractivity contribution in [2.45, 2.75) is 19.8 Å². The number of hydrogen-bond acceptors (Lipinski definition) is 2. The Morgan fingerprint density at radius 3 is 3.08 bits per heavy atom. The summed E-state index contributed by atoms with van der Waals surface area (Å²) in [5.74, 6) is 0. The predicted molar refractivity (Wildman–Crippen MR) is 53.4 cm³/mol. The van der Waals surface area contributed by atoms with E-state index in [1.54, 1.807) is 5.57 Å². The van der Waals surface area contributed by atoms with Crippen LogP contribution in [0.1, 0.15) is 19.8 Å². The zero-order valence-electron chi connectivity index (χ0n) is 8.27. The molecule has 0 atom stereocenters. The molecule has 0 fully saturated rings. The highest BCUT2D eigenvalue weighted by Gasteiger charge is 2.09. The van der Waals surface area contributed by atoms with E-state index in [9.17, 15) is 0 Å². The lowest BCUT2D eigenvalue weighted by Crippen LogP contribution is -2.30. The minimum atomic E-state index is 1.11. The first-order valence-corrected chi connectivity index (χ1v) is 4.91. The van der Waals surface area contributed by atoms with Crippen molar-refractivity contribution < 1.29 is 0 Å². The van der Waals surface area contributed by atoms with Crippen LogP contribution >= 0.6 is 0 Å². The molecule has 0 saturated carbocycles. The van der Waals surface area contributed by atoms with Crippen molar-refractivity contribution in [2.24, 2.45) is 0 Å². The van der Waals surface area contributed by atoms with E-state index in [-0.39, 0.29) is 0 Å². The van der Waals surface area contributed by atoms with E-state index in [0.29, 0.717) is 0 Å². The summed E-state index contributed by atoms with van der Waals surface area (Å²) in [6, 6.07) is 0. The van der Waals surface area contributed by atoms with Gasteiger partial charge >= 0.3 is 0 Å². The van der Waals surface area contributed by atoms with Crippen molar-refractivity contribution in [2.75, 3.05) is 33.2 Å². The van der Waals surface area contributed by atoms with E-state index in [0.717, 1.165) is 6.54 Å². The van der Waals surface area contributed by atoms with E-state index >= 15 is 0 Å². The highest BCUT2D eigenvalue weighted by Crippen LogP contribution is 2.11. The third-order valence-corrected chi connectivity index (χ3v) is 2.45. The van der Waals surface area contributed by atoms with Crippen LogP contribution in [0.5, 0.6) is 0 Å². The summed E-state index contributed by atoms with van der Waals surface area (Å²) in [5, 5.41) is 3.19. The van der Waals surface area contributed by atoms with Crippen LogP contribution in [-0.2, 0) is 0 Å². The molecule has 0 saturated heterocycles. The van der Waals surface area contributed by atoms with Crippen molar-refractivity contribution in [3.05, 3.63) is 11.6 Å². The summed E-state index contributed by atoms with van der Waals surface area (Å²) in [5.41, 5.74) is 1.61. The molecule has 70 valence electrons. The fourth-order valence-corrected chi connectivity index (χ4v) is 1.62. The quantitative estimate of drug-likeness (QED) is 0.636. The Morgan fingerprint density at radius 2 is 2.42 bits per heavy atom. The summed E-state index contributed by atoms with van der Waals surface area (Å²) in [6.07, 6.45) is 4.86. The minimum Gasteiger partial charge on any atom is -0.319 e. The van der Waals surface area contributed by atoms with E-state index < -0.39 is 0 Å². The van der Waals surface area contributed by atoms with E-state index in [1.165, 1.54) is 32.5 Å². The number of hydrogen-bond donors (Lipinski definition) is 1. The molecule has 2 heteroatoms. The van der Waals surface area contributed by atoms with Gasteiger partial charge in [0.1, 0.15) is 0 Å². The smallest absolute Gasteiger partial charge is 0.0193 e. The maximum atomic E-state index is 3.19. The lowest BCUT2D eigenvalue weighted by Gasteiger charge is -2.25. The largest absolute Gasteiger partial charge is 0.319 e. The Bertz CT molecular complexity index is 152. The topological polar surface area (TPSA) is 15.3 Å². The van der Waals surface area contributed by atoms with Gasteiger partial charge in [0.05, 0.1) is 0 Å². The summed E-state index contributed by atoms with van der Waals surface area (Å²) < 4.78 is 0. The van der Waals surface area contributed by atoms with Gasteiger partial charge in [-0.05, 0) is 33.0 Å². The summed E-state index contributed by atoms with van der Waals surface area (Å²) in [7, 11) is 2.01. The molecule has 0 aromatic heterocycles. The Hall–Kier alpha value is -0.340. The second-order valence-corrected chi connectivity index (χ2v) is 3.37. The Labute approximate surface area is 75.6 Å². The average molecular weight is 168 g/mol. The third-order valence-electron chi connectivity index (χ3n) is 2.45. The second-order valence-electron chi connectivity index (χ2n) is 3.37. The van der Waals surface area contributed by atoms with Crippen molar-refractivity contribution >= 4 is 0 Å². The first-order chi connectivity index (χ1) is 5.86. The van der Waals surface area contributed by atoms with Crippen LogP contribution in [0.3, 0.4) is 0 Å². The van der Waals surface area contributed by atoms with Crippen LogP contribution in [-0.4, -0.2) is 38.1 Å². The van der Waals surface area contributed by atoms with Gasteiger partial charge in [-0.15, -0.1) is 0 Å². The van der Waals surface area contributed by atoms with Crippen molar-refractivity contribution in [3.8, 4) is 0 Å². The summed E-state index contributed by atoms with van der Waals surface area (Å²) in [6.45, 7) is 6.99. The number of rotatable bonds is 4. The van der Waals surface area contributed by atoms with Crippen LogP contribution in [0, 0.1) is 0 Å². The average Bonchev–Trinajstić information content (AvgIpc) is 2.15. The van der Waals surface area contributed by atoms with Crippen molar-refractivity contribution in [1.29, 1.82) is 0 Å². The van der Waals surface area contributed by atoms with Crippen LogP contribution in [0.4, 0.5) is 0 Å². The first-order valence-electron chi connectivity index (χ1n) is 4.91. The standard InChI is InChI=1S/C10H20N2/c1-3-12-8-4-5-10(9-12)6-7-11-2/h5,11H,3-4,6-9H2,1-2H3. The molecule has 1 N–H and O–H groups in total. The molecule has 1 aliphatic heterocycles. The highest BCUT2D eigenvalue weighted by atomic mass is 15.1. The van der Waals surface area contributed by atoms with Gasteiger partial charge in [-0.25, -0.2) is 0 Å². The number of nitrogens with one attached hydrogen (secondary N) is 1. The molecule has 0 aliphatic carbocycles. The maximum absolute atomic E-state index is 3.19. The molecule has 0 aromatic carbocycles. The second kappa shape index (κ2) is 5.33. The third kappa shape index (κ3) is 2.95. The van der Waals surface area contributed by atoms with Gasteiger partial charge < -0.3 is 5.32 Å². The number of nitrogens with zero attached hydrogens (tertiary/aromatic N) is 1. The molecule has 0 bridgehead atoms. The molecule has 0 spiro atoms. The van der Waals surface area contributed by atoms with E-state index in [2.05, 4.69) is 23.2 Å². The molecule has 1 aliphatic rings. The highest BCUT2D eigenvalue weighted by molar-refractivity contribution is 5.08. The predicted octanol–water partition coefficient (Wildman–Crippen LogP) is 1.25. The molecule has 1 heterocycles. The van der Waals surface area contributed by atoms with Crippen molar-refractivity contribution in [3.63, 3.8) is 0 Å². The van der Waals surface area contributed by atoms with Crippen LogP contribution in [0.15, 0.2) is 11.6 Å². The molecular weight excluding hydrogens is 148 g/mol. The van der Waals surface area contributed by atoms with Crippen LogP contribution < -0.4 is 5.32 Å². The summed E-state index contributed by atoms with van der Waals surface area (Å²) >= 11 is 0. The van der Waals surface area contributed by atoms with Crippen LogP contribution in [0.2, 0.25) is 0 Å². The van der Waals surface area contributed by atoms with Gasteiger partial charge in [0.25, 0.3) is 0 Å². The molecule has 0 radical (unpaired) electrons. The SMILES string of the molecule is CCN1CCC=C(CCNC)C1. The number of likely N-dealkylation sites (N-methyl/N-ethyl adjacent to an activating group) is 1. The zero-order valence-corrected chi connectivity index (χ0v) is 8.27. The minimum absolute atomic E-state index is 1.11. The monoisotopic (exact) mass is 168 g/mol. The fourth-order valence-electron chi connectivity index (χ4n) is 1.62. The van der Waals surface area contributed by atoms with E-state index in [4.69, 9.17) is 0 Å². The van der Waals surface area contributed by atoms with Gasteiger partial charge in [0.15, 0.2) is 0 Å².